The van der Waals surface area contributed by atoms with Crippen LogP contribution in [0.4, 0.5) is 0 Å². The lowest BCUT2D eigenvalue weighted by atomic mass is 9.71. The highest BCUT2D eigenvalue weighted by Crippen LogP contribution is 2.36. The van der Waals surface area contributed by atoms with Crippen LogP contribution in [-0.4, -0.2) is 58.4 Å². The zero-order valence-corrected chi connectivity index (χ0v) is 15.9. The fraction of sp³-hybridized carbons (Fsp3) is 0.500. The highest BCUT2D eigenvalue weighted by atomic mass is 16.3. The molecule has 154 valence electrons. The van der Waals surface area contributed by atoms with Gasteiger partial charge in [-0.3, -0.25) is 29.4 Å². The first-order valence-electron chi connectivity index (χ1n) is 9.79. The first kappa shape index (κ1) is 19.7. The zero-order valence-electron chi connectivity index (χ0n) is 15.9. The molecule has 2 aliphatic heterocycles. The van der Waals surface area contributed by atoms with Gasteiger partial charge in [-0.25, -0.2) is 0 Å². The largest absolute Gasteiger partial charge is 0.389 e. The predicted octanol–water partition coefficient (Wildman–Crippen LogP) is -0.723. The van der Waals surface area contributed by atoms with Gasteiger partial charge in [0.25, 0.3) is 11.8 Å². The summed E-state index contributed by atoms with van der Waals surface area (Å²) in [4.78, 5) is 50.3. The molecule has 4 rings (SSSR count). The maximum atomic E-state index is 13.0. The second kappa shape index (κ2) is 7.33. The van der Waals surface area contributed by atoms with Crippen LogP contribution in [0.15, 0.2) is 18.2 Å². The number of carbonyl (C=O) groups is 4. The fourth-order valence-corrected chi connectivity index (χ4v) is 4.49. The van der Waals surface area contributed by atoms with Gasteiger partial charge in [-0.1, -0.05) is 12.1 Å². The molecule has 9 heteroatoms. The van der Waals surface area contributed by atoms with Crippen molar-refractivity contribution >= 4 is 23.6 Å². The van der Waals surface area contributed by atoms with Crippen LogP contribution >= 0.6 is 0 Å². The molecule has 1 aliphatic carbocycles. The molecule has 1 saturated carbocycles. The zero-order chi connectivity index (χ0) is 20.8. The van der Waals surface area contributed by atoms with Gasteiger partial charge in [0, 0.05) is 19.5 Å². The number of rotatable bonds is 6. The molecule has 9 nitrogen and oxygen atoms in total. The van der Waals surface area contributed by atoms with Crippen LogP contribution in [-0.2, 0) is 16.1 Å². The van der Waals surface area contributed by atoms with Gasteiger partial charge >= 0.3 is 0 Å². The molecule has 4 amide bonds. The normalized spacial score (nSPS) is 29.0. The standard InChI is InChI=1S/C20H24N4O5/c21-8-11-6-20(29,7-11)10-22-9-12-2-1-3-13-16(12)19(28)24(18(13)27)14-4-5-15(25)23-17(14)26/h1-3,11,14,22,29H,4-10,21H2,(H,23,25,26). The van der Waals surface area contributed by atoms with Crippen molar-refractivity contribution in [2.75, 3.05) is 13.1 Å². The number of piperidine rings is 1. The van der Waals surface area contributed by atoms with Crippen LogP contribution in [0.1, 0.15) is 52.0 Å². The van der Waals surface area contributed by atoms with Gasteiger partial charge in [0.15, 0.2) is 0 Å². The first-order chi connectivity index (χ1) is 13.8. The molecule has 1 unspecified atom stereocenters. The number of benzene rings is 1. The Balaban J connectivity index is 1.48. The smallest absolute Gasteiger partial charge is 0.262 e. The average molecular weight is 400 g/mol. The molecule has 3 aliphatic rings. The van der Waals surface area contributed by atoms with Gasteiger partial charge in [0.2, 0.25) is 11.8 Å². The third-order valence-corrected chi connectivity index (χ3v) is 5.99. The summed E-state index contributed by atoms with van der Waals surface area (Å²) in [6.07, 6.45) is 1.49. The lowest BCUT2D eigenvalue weighted by Crippen LogP contribution is -2.54. The van der Waals surface area contributed by atoms with Crippen molar-refractivity contribution in [2.45, 2.75) is 43.9 Å². The monoisotopic (exact) mass is 400 g/mol. The first-order valence-corrected chi connectivity index (χ1v) is 9.79. The Kier molecular flexibility index (Phi) is 4.97. The average Bonchev–Trinajstić information content (AvgIpc) is 2.91. The highest BCUT2D eigenvalue weighted by Gasteiger charge is 2.45. The number of carbonyl (C=O) groups excluding carboxylic acids is 4. The quantitative estimate of drug-likeness (QED) is 0.462. The van der Waals surface area contributed by atoms with Crippen molar-refractivity contribution in [1.82, 2.24) is 15.5 Å². The van der Waals surface area contributed by atoms with E-state index < -0.39 is 35.3 Å². The van der Waals surface area contributed by atoms with E-state index in [1.54, 1.807) is 18.2 Å². The minimum absolute atomic E-state index is 0.0839. The van der Waals surface area contributed by atoms with Crippen LogP contribution in [0, 0.1) is 5.92 Å². The van der Waals surface area contributed by atoms with Crippen molar-refractivity contribution in [3.8, 4) is 0 Å². The summed E-state index contributed by atoms with van der Waals surface area (Å²) in [5, 5.41) is 15.8. The summed E-state index contributed by atoms with van der Waals surface area (Å²) < 4.78 is 0. The van der Waals surface area contributed by atoms with Crippen molar-refractivity contribution in [1.29, 1.82) is 0 Å². The second-order valence-corrected chi connectivity index (χ2v) is 8.12. The van der Waals surface area contributed by atoms with Crippen LogP contribution in [0.3, 0.4) is 0 Å². The van der Waals surface area contributed by atoms with Crippen LogP contribution in [0.2, 0.25) is 0 Å². The number of aliphatic hydroxyl groups is 1. The molecule has 2 fully saturated rings. The Labute approximate surface area is 167 Å². The van der Waals surface area contributed by atoms with Crippen molar-refractivity contribution < 1.29 is 24.3 Å². The van der Waals surface area contributed by atoms with Crippen LogP contribution < -0.4 is 16.4 Å². The van der Waals surface area contributed by atoms with E-state index in [-0.39, 0.29) is 24.0 Å². The fourth-order valence-electron chi connectivity index (χ4n) is 4.49. The number of nitrogens with zero attached hydrogens (tertiary/aromatic N) is 1. The summed E-state index contributed by atoms with van der Waals surface area (Å²) in [5.41, 5.74) is 5.97. The molecule has 0 bridgehead atoms. The maximum absolute atomic E-state index is 13.0. The molecule has 0 radical (unpaired) electrons. The van der Waals surface area contributed by atoms with E-state index in [2.05, 4.69) is 10.6 Å². The summed E-state index contributed by atoms with van der Waals surface area (Å²) in [6, 6.07) is 4.02. The van der Waals surface area contributed by atoms with E-state index in [4.69, 9.17) is 5.73 Å². The minimum atomic E-state index is -0.982. The maximum Gasteiger partial charge on any atom is 0.262 e. The lowest BCUT2D eigenvalue weighted by Gasteiger charge is -2.43. The molecular weight excluding hydrogens is 376 g/mol. The van der Waals surface area contributed by atoms with Crippen molar-refractivity contribution in [3.63, 3.8) is 0 Å². The second-order valence-electron chi connectivity index (χ2n) is 8.12. The molecular formula is C20H24N4O5. The van der Waals surface area contributed by atoms with E-state index in [1.165, 1.54) is 0 Å². The van der Waals surface area contributed by atoms with E-state index in [9.17, 15) is 24.3 Å². The molecule has 1 saturated heterocycles. The van der Waals surface area contributed by atoms with Gasteiger partial charge in [0.1, 0.15) is 6.04 Å². The SMILES string of the molecule is NCC1CC(O)(CNCc2cccc3c2C(=O)N(C2CCC(=O)NC2=O)C3=O)C1. The number of hydrogen-bond acceptors (Lipinski definition) is 7. The summed E-state index contributed by atoms with van der Waals surface area (Å²) in [7, 11) is 0. The molecule has 29 heavy (non-hydrogen) atoms. The predicted molar refractivity (Wildman–Crippen MR) is 102 cm³/mol. The van der Waals surface area contributed by atoms with E-state index in [0.717, 1.165) is 4.90 Å². The Hall–Kier alpha value is -2.62. The summed E-state index contributed by atoms with van der Waals surface area (Å²) >= 11 is 0. The van der Waals surface area contributed by atoms with Gasteiger partial charge in [-0.15, -0.1) is 0 Å². The van der Waals surface area contributed by atoms with E-state index in [1.807, 2.05) is 0 Å². The van der Waals surface area contributed by atoms with Gasteiger partial charge < -0.3 is 16.2 Å². The Morgan fingerprint density at radius 2 is 1.97 bits per heavy atom. The van der Waals surface area contributed by atoms with Crippen molar-refractivity contribution in [3.05, 3.63) is 34.9 Å². The molecule has 5 N–H and O–H groups in total. The molecule has 1 aromatic rings. The summed E-state index contributed by atoms with van der Waals surface area (Å²) in [6.45, 7) is 1.23. The van der Waals surface area contributed by atoms with Crippen LogP contribution in [0.25, 0.3) is 0 Å². The molecule has 0 aromatic heterocycles. The van der Waals surface area contributed by atoms with E-state index >= 15 is 0 Å². The number of imide groups is 2. The lowest BCUT2D eigenvalue weighted by molar-refractivity contribution is -0.136. The number of nitrogens with one attached hydrogen (secondary N) is 2. The Morgan fingerprint density at radius 1 is 1.21 bits per heavy atom. The molecule has 1 aromatic carbocycles. The Morgan fingerprint density at radius 3 is 2.66 bits per heavy atom. The van der Waals surface area contributed by atoms with Crippen molar-refractivity contribution in [2.24, 2.45) is 11.7 Å². The topological polar surface area (TPSA) is 142 Å². The van der Waals surface area contributed by atoms with Gasteiger partial charge in [-0.2, -0.15) is 0 Å². The molecule has 1 atom stereocenters. The Bertz CT molecular complexity index is 893. The van der Waals surface area contributed by atoms with Gasteiger partial charge in [0.05, 0.1) is 16.7 Å². The van der Waals surface area contributed by atoms with Gasteiger partial charge in [-0.05, 0) is 43.4 Å². The summed E-state index contributed by atoms with van der Waals surface area (Å²) in [5.74, 6) is -1.74. The molecule has 2 heterocycles. The van der Waals surface area contributed by atoms with Crippen LogP contribution in [0.5, 0.6) is 0 Å². The van der Waals surface area contributed by atoms with E-state index in [0.29, 0.717) is 44.0 Å². The highest BCUT2D eigenvalue weighted by molar-refractivity contribution is 6.24. The number of hydrogen-bond donors (Lipinski definition) is 4. The number of nitrogens with two attached hydrogens (primary N) is 1. The third-order valence-electron chi connectivity index (χ3n) is 5.99. The third kappa shape index (κ3) is 3.45. The number of fused-ring (bicyclic) bond motifs is 1. The number of amides is 4. The minimum Gasteiger partial charge on any atom is -0.389 e. The molecule has 0 spiro atoms.